The largest absolute Gasteiger partial charge is 0.379 e. The van der Waals surface area contributed by atoms with Crippen molar-refractivity contribution in [3.8, 4) is 0 Å². The molecule has 0 aliphatic carbocycles. The van der Waals surface area contributed by atoms with Crippen LogP contribution < -0.4 is 5.32 Å². The van der Waals surface area contributed by atoms with Crippen LogP contribution in [0.1, 0.15) is 6.42 Å². The van der Waals surface area contributed by atoms with Crippen molar-refractivity contribution >= 4 is 21.2 Å². The molecule has 1 aliphatic heterocycles. The first-order valence-electron chi connectivity index (χ1n) is 5.76. The Morgan fingerprint density at radius 2 is 2.21 bits per heavy atom. The van der Waals surface area contributed by atoms with E-state index in [4.69, 9.17) is 0 Å². The Morgan fingerprint density at radius 3 is 2.79 bits per heavy atom. The fourth-order valence-electron chi connectivity index (χ4n) is 2.13. The van der Waals surface area contributed by atoms with E-state index >= 15 is 0 Å². The van der Waals surface area contributed by atoms with Crippen LogP contribution in [0.3, 0.4) is 0 Å². The van der Waals surface area contributed by atoms with E-state index in [9.17, 15) is 22.9 Å². The Bertz CT molecular complexity index is 603. The molecule has 1 fully saturated rings. The quantitative estimate of drug-likeness (QED) is 0.671. The number of anilines is 1. The van der Waals surface area contributed by atoms with Crippen LogP contribution in [0, 0.1) is 21.8 Å². The molecule has 2 rings (SSSR count). The van der Waals surface area contributed by atoms with Crippen molar-refractivity contribution in [2.24, 2.45) is 5.92 Å². The predicted molar refractivity (Wildman–Crippen MR) is 68.3 cm³/mol. The lowest BCUT2D eigenvalue weighted by Crippen LogP contribution is -2.16. The minimum atomic E-state index is -2.98. The van der Waals surface area contributed by atoms with Crippen LogP contribution in [0.15, 0.2) is 18.2 Å². The van der Waals surface area contributed by atoms with Crippen molar-refractivity contribution < 1.29 is 17.7 Å². The molecule has 0 spiro atoms. The average molecular weight is 288 g/mol. The minimum absolute atomic E-state index is 0.0725. The first-order valence-corrected chi connectivity index (χ1v) is 7.58. The number of nitro benzene ring substituents is 1. The molecule has 0 aromatic heterocycles. The van der Waals surface area contributed by atoms with E-state index in [0.717, 1.165) is 6.07 Å². The molecule has 8 heteroatoms. The second-order valence-electron chi connectivity index (χ2n) is 4.54. The van der Waals surface area contributed by atoms with Crippen LogP contribution in [0.5, 0.6) is 0 Å². The highest BCUT2D eigenvalue weighted by Gasteiger charge is 2.28. The zero-order chi connectivity index (χ0) is 14.0. The summed E-state index contributed by atoms with van der Waals surface area (Å²) in [7, 11) is -2.98. The highest BCUT2D eigenvalue weighted by molar-refractivity contribution is 7.91. The van der Waals surface area contributed by atoms with Crippen LogP contribution >= 0.6 is 0 Å². The van der Waals surface area contributed by atoms with E-state index in [1.165, 1.54) is 12.1 Å². The first-order chi connectivity index (χ1) is 8.89. The molecule has 1 aliphatic rings. The highest BCUT2D eigenvalue weighted by atomic mass is 32.2. The molecule has 1 aromatic carbocycles. The number of nitrogens with one attached hydrogen (secondary N) is 1. The van der Waals surface area contributed by atoms with Gasteiger partial charge in [-0.25, -0.2) is 8.42 Å². The molecule has 6 nitrogen and oxygen atoms in total. The van der Waals surface area contributed by atoms with Gasteiger partial charge in [0.2, 0.25) is 5.82 Å². The lowest BCUT2D eigenvalue weighted by atomic mass is 10.1. The van der Waals surface area contributed by atoms with Gasteiger partial charge >= 0.3 is 5.69 Å². The highest BCUT2D eigenvalue weighted by Crippen LogP contribution is 2.28. The number of sulfone groups is 1. The van der Waals surface area contributed by atoms with Gasteiger partial charge < -0.3 is 5.32 Å². The average Bonchev–Trinajstić information content (AvgIpc) is 2.66. The molecule has 1 saturated heterocycles. The van der Waals surface area contributed by atoms with Crippen molar-refractivity contribution in [2.45, 2.75) is 6.42 Å². The Labute approximate surface area is 109 Å². The third-order valence-corrected chi connectivity index (χ3v) is 4.91. The van der Waals surface area contributed by atoms with Gasteiger partial charge in [-0.05, 0) is 24.5 Å². The Hall–Kier alpha value is -1.70. The zero-order valence-electron chi connectivity index (χ0n) is 10.0. The summed E-state index contributed by atoms with van der Waals surface area (Å²) in [6, 6.07) is 3.80. The molecule has 1 aromatic rings. The molecule has 19 heavy (non-hydrogen) atoms. The van der Waals surface area contributed by atoms with Gasteiger partial charge in [0.25, 0.3) is 0 Å². The number of para-hydroxylation sites is 1. The van der Waals surface area contributed by atoms with E-state index in [2.05, 4.69) is 5.32 Å². The monoisotopic (exact) mass is 288 g/mol. The number of halogens is 1. The van der Waals surface area contributed by atoms with E-state index in [1.54, 1.807) is 0 Å². The third kappa shape index (κ3) is 3.19. The molecule has 1 N–H and O–H groups in total. The van der Waals surface area contributed by atoms with Gasteiger partial charge in [0.15, 0.2) is 9.84 Å². The van der Waals surface area contributed by atoms with E-state index in [-0.39, 0.29) is 29.7 Å². The summed E-state index contributed by atoms with van der Waals surface area (Å²) in [5.74, 6) is -0.782. The molecular weight excluding hydrogens is 275 g/mol. The van der Waals surface area contributed by atoms with Crippen LogP contribution in [0.4, 0.5) is 15.8 Å². The number of nitro groups is 1. The molecule has 1 heterocycles. The number of hydrogen-bond acceptors (Lipinski definition) is 5. The molecule has 0 bridgehead atoms. The molecule has 1 atom stereocenters. The summed E-state index contributed by atoms with van der Waals surface area (Å²) in [4.78, 5) is 9.98. The normalized spacial score (nSPS) is 21.2. The summed E-state index contributed by atoms with van der Waals surface area (Å²) in [6.07, 6.45) is 0.526. The standard InChI is InChI=1S/C11H13FN2O4S/c12-9-2-1-3-10(11(9)14(15)16)13-6-8-4-5-19(17,18)7-8/h1-3,8,13H,4-7H2. The summed E-state index contributed by atoms with van der Waals surface area (Å²) >= 11 is 0. The molecule has 104 valence electrons. The maximum absolute atomic E-state index is 13.3. The smallest absolute Gasteiger partial charge is 0.327 e. The fraction of sp³-hybridized carbons (Fsp3) is 0.455. The van der Waals surface area contributed by atoms with Crippen LogP contribution in [-0.2, 0) is 9.84 Å². The van der Waals surface area contributed by atoms with Crippen molar-refractivity contribution in [1.29, 1.82) is 0 Å². The van der Waals surface area contributed by atoms with E-state index in [1.807, 2.05) is 0 Å². The number of rotatable bonds is 4. The minimum Gasteiger partial charge on any atom is -0.379 e. The molecule has 0 saturated carbocycles. The Balaban J connectivity index is 2.08. The maximum atomic E-state index is 13.3. The van der Waals surface area contributed by atoms with Gasteiger partial charge in [-0.1, -0.05) is 6.07 Å². The molecule has 0 amide bonds. The number of benzene rings is 1. The lowest BCUT2D eigenvalue weighted by Gasteiger charge is -2.11. The van der Waals surface area contributed by atoms with Crippen LogP contribution in [0.25, 0.3) is 0 Å². The first kappa shape index (κ1) is 13.7. The summed E-state index contributed by atoms with van der Waals surface area (Å²) in [6.45, 7) is 0.281. The Morgan fingerprint density at radius 1 is 1.47 bits per heavy atom. The van der Waals surface area contributed by atoms with Gasteiger partial charge in [-0.15, -0.1) is 0 Å². The number of hydrogen-bond donors (Lipinski definition) is 1. The van der Waals surface area contributed by atoms with Crippen molar-refractivity contribution in [3.05, 3.63) is 34.1 Å². The molecule has 1 unspecified atom stereocenters. The van der Waals surface area contributed by atoms with Gasteiger partial charge in [0.05, 0.1) is 16.4 Å². The topological polar surface area (TPSA) is 89.3 Å². The Kier molecular flexibility index (Phi) is 3.70. The van der Waals surface area contributed by atoms with Crippen molar-refractivity contribution in [1.82, 2.24) is 0 Å². The molecule has 0 radical (unpaired) electrons. The zero-order valence-corrected chi connectivity index (χ0v) is 10.8. The predicted octanol–water partition coefficient (Wildman–Crippen LogP) is 1.58. The van der Waals surface area contributed by atoms with Crippen LogP contribution in [0.2, 0.25) is 0 Å². The van der Waals surface area contributed by atoms with Crippen molar-refractivity contribution in [2.75, 3.05) is 23.4 Å². The van der Waals surface area contributed by atoms with Gasteiger partial charge in [-0.2, -0.15) is 4.39 Å². The van der Waals surface area contributed by atoms with Crippen molar-refractivity contribution in [3.63, 3.8) is 0 Å². The van der Waals surface area contributed by atoms with E-state index in [0.29, 0.717) is 6.42 Å². The van der Waals surface area contributed by atoms with Crippen LogP contribution in [-0.4, -0.2) is 31.4 Å². The summed E-state index contributed by atoms with van der Waals surface area (Å²) in [5.41, 5.74) is -0.530. The second-order valence-corrected chi connectivity index (χ2v) is 6.77. The summed E-state index contributed by atoms with van der Waals surface area (Å²) in [5, 5.41) is 13.5. The molecular formula is C11H13FN2O4S. The second kappa shape index (κ2) is 5.12. The van der Waals surface area contributed by atoms with Gasteiger partial charge in [0, 0.05) is 6.54 Å². The SMILES string of the molecule is O=[N+]([O-])c1c(F)cccc1NCC1CCS(=O)(=O)C1. The number of nitrogens with zero attached hydrogens (tertiary/aromatic N) is 1. The van der Waals surface area contributed by atoms with Gasteiger partial charge in [-0.3, -0.25) is 10.1 Å². The third-order valence-electron chi connectivity index (χ3n) is 3.08. The maximum Gasteiger partial charge on any atom is 0.327 e. The van der Waals surface area contributed by atoms with E-state index < -0.39 is 26.3 Å². The summed E-state index contributed by atoms with van der Waals surface area (Å²) < 4.78 is 35.9. The van der Waals surface area contributed by atoms with Gasteiger partial charge in [0.1, 0.15) is 5.69 Å². The fourth-order valence-corrected chi connectivity index (χ4v) is 3.99. The lowest BCUT2D eigenvalue weighted by molar-refractivity contribution is -0.386.